The zero-order chi connectivity index (χ0) is 15.4. The molecule has 1 saturated carbocycles. The third-order valence-electron chi connectivity index (χ3n) is 3.76. The van der Waals surface area contributed by atoms with Gasteiger partial charge in [0.05, 0.1) is 5.69 Å². The number of thiazole rings is 1. The van der Waals surface area contributed by atoms with Gasteiger partial charge in [-0.3, -0.25) is 4.79 Å². The van der Waals surface area contributed by atoms with Crippen molar-refractivity contribution in [3.8, 4) is 17.0 Å². The molecule has 2 aromatic rings. The van der Waals surface area contributed by atoms with Crippen molar-refractivity contribution in [2.24, 2.45) is 0 Å². The van der Waals surface area contributed by atoms with Crippen molar-refractivity contribution in [1.82, 2.24) is 10.3 Å². The Kier molecular flexibility index (Phi) is 4.58. The van der Waals surface area contributed by atoms with Gasteiger partial charge in [-0.15, -0.1) is 11.3 Å². The molecule has 0 radical (unpaired) electrons. The van der Waals surface area contributed by atoms with Crippen LogP contribution >= 0.6 is 11.3 Å². The molecular formula is C16H19N3O2S. The minimum atomic E-state index is -0.0525. The second kappa shape index (κ2) is 6.79. The molecule has 6 heteroatoms. The molecule has 116 valence electrons. The number of carbonyl (C=O) groups excluding carboxylic acids is 1. The van der Waals surface area contributed by atoms with Crippen molar-refractivity contribution in [2.45, 2.75) is 31.7 Å². The molecule has 1 aromatic carbocycles. The number of ether oxygens (including phenoxy) is 1. The van der Waals surface area contributed by atoms with E-state index in [0.29, 0.717) is 16.9 Å². The number of hydrogen-bond donors (Lipinski definition) is 2. The average Bonchev–Trinajstić information content (AvgIpc) is 3.17. The largest absolute Gasteiger partial charge is 0.484 e. The van der Waals surface area contributed by atoms with Gasteiger partial charge in [0, 0.05) is 17.0 Å². The Morgan fingerprint density at radius 3 is 2.68 bits per heavy atom. The second-order valence-electron chi connectivity index (χ2n) is 5.43. The van der Waals surface area contributed by atoms with Crippen LogP contribution in [0.1, 0.15) is 25.7 Å². The summed E-state index contributed by atoms with van der Waals surface area (Å²) in [6.45, 7) is 0.0551. The SMILES string of the molecule is Nc1nc(-c2ccc(OCC(=O)NC3CCCC3)cc2)cs1. The molecule has 0 bridgehead atoms. The number of nitrogens with one attached hydrogen (secondary N) is 1. The monoisotopic (exact) mass is 317 g/mol. The van der Waals surface area contributed by atoms with Crippen LogP contribution in [0.4, 0.5) is 5.13 Å². The number of rotatable bonds is 5. The van der Waals surface area contributed by atoms with E-state index in [0.717, 1.165) is 24.1 Å². The van der Waals surface area contributed by atoms with Crippen LogP contribution in [0.3, 0.4) is 0 Å². The Labute approximate surface area is 133 Å². The molecule has 22 heavy (non-hydrogen) atoms. The summed E-state index contributed by atoms with van der Waals surface area (Å²) in [5.41, 5.74) is 7.47. The molecule has 5 nitrogen and oxygen atoms in total. The third kappa shape index (κ3) is 3.76. The van der Waals surface area contributed by atoms with E-state index in [9.17, 15) is 4.79 Å². The highest BCUT2D eigenvalue weighted by atomic mass is 32.1. The second-order valence-corrected chi connectivity index (χ2v) is 6.32. The van der Waals surface area contributed by atoms with Gasteiger partial charge in [-0.2, -0.15) is 0 Å². The summed E-state index contributed by atoms with van der Waals surface area (Å²) in [5.74, 6) is 0.622. The van der Waals surface area contributed by atoms with E-state index in [1.165, 1.54) is 24.2 Å². The highest BCUT2D eigenvalue weighted by molar-refractivity contribution is 7.13. The van der Waals surface area contributed by atoms with E-state index in [1.807, 2.05) is 29.6 Å². The van der Waals surface area contributed by atoms with E-state index in [4.69, 9.17) is 10.5 Å². The van der Waals surface area contributed by atoms with Crippen molar-refractivity contribution < 1.29 is 9.53 Å². The Balaban J connectivity index is 1.51. The lowest BCUT2D eigenvalue weighted by Crippen LogP contribution is -2.36. The van der Waals surface area contributed by atoms with Crippen LogP contribution in [-0.2, 0) is 4.79 Å². The number of nitrogen functional groups attached to an aromatic ring is 1. The number of aromatic nitrogens is 1. The number of nitrogens with two attached hydrogens (primary N) is 1. The quantitative estimate of drug-likeness (QED) is 0.889. The molecule has 1 aromatic heterocycles. The summed E-state index contributed by atoms with van der Waals surface area (Å²) >= 11 is 1.42. The van der Waals surface area contributed by atoms with E-state index in [-0.39, 0.29) is 12.5 Å². The van der Waals surface area contributed by atoms with Gasteiger partial charge in [-0.05, 0) is 37.1 Å². The Morgan fingerprint density at radius 1 is 1.32 bits per heavy atom. The topological polar surface area (TPSA) is 77.2 Å². The van der Waals surface area contributed by atoms with E-state index >= 15 is 0 Å². The van der Waals surface area contributed by atoms with Crippen molar-refractivity contribution in [1.29, 1.82) is 0 Å². The smallest absolute Gasteiger partial charge is 0.258 e. The average molecular weight is 317 g/mol. The highest BCUT2D eigenvalue weighted by Gasteiger charge is 2.17. The summed E-state index contributed by atoms with van der Waals surface area (Å²) in [6.07, 6.45) is 4.57. The van der Waals surface area contributed by atoms with Gasteiger partial charge in [0.2, 0.25) is 0 Å². The van der Waals surface area contributed by atoms with Crippen LogP contribution in [0.15, 0.2) is 29.6 Å². The molecule has 0 aliphatic heterocycles. The first-order valence-corrected chi connectivity index (χ1v) is 8.32. The maximum Gasteiger partial charge on any atom is 0.258 e. The number of carbonyl (C=O) groups is 1. The van der Waals surface area contributed by atoms with Crippen LogP contribution in [0.2, 0.25) is 0 Å². The van der Waals surface area contributed by atoms with Gasteiger partial charge in [0.1, 0.15) is 5.75 Å². The first-order chi connectivity index (χ1) is 10.7. The molecule has 1 aliphatic rings. The van der Waals surface area contributed by atoms with Crippen molar-refractivity contribution in [3.63, 3.8) is 0 Å². The number of benzene rings is 1. The van der Waals surface area contributed by atoms with E-state index in [1.54, 1.807) is 0 Å². The minimum absolute atomic E-state index is 0.0525. The van der Waals surface area contributed by atoms with Crippen LogP contribution in [0.5, 0.6) is 5.75 Å². The molecule has 3 N–H and O–H groups in total. The lowest BCUT2D eigenvalue weighted by molar-refractivity contribution is -0.123. The molecule has 1 heterocycles. The van der Waals surface area contributed by atoms with Crippen LogP contribution in [0.25, 0.3) is 11.3 Å². The predicted molar refractivity (Wildman–Crippen MR) is 87.9 cm³/mol. The maximum atomic E-state index is 11.8. The lowest BCUT2D eigenvalue weighted by atomic mass is 10.2. The fraction of sp³-hybridized carbons (Fsp3) is 0.375. The molecule has 0 unspecified atom stereocenters. The fourth-order valence-corrected chi connectivity index (χ4v) is 3.20. The van der Waals surface area contributed by atoms with Crippen LogP contribution in [0, 0.1) is 0 Å². The fourth-order valence-electron chi connectivity index (χ4n) is 2.63. The molecule has 1 aliphatic carbocycles. The summed E-state index contributed by atoms with van der Waals surface area (Å²) in [7, 11) is 0. The van der Waals surface area contributed by atoms with Gasteiger partial charge >= 0.3 is 0 Å². The van der Waals surface area contributed by atoms with Gasteiger partial charge in [0.15, 0.2) is 11.7 Å². The first kappa shape index (κ1) is 14.8. The normalized spacial score (nSPS) is 14.9. The van der Waals surface area contributed by atoms with Gasteiger partial charge < -0.3 is 15.8 Å². The number of anilines is 1. The summed E-state index contributed by atoms with van der Waals surface area (Å²) in [4.78, 5) is 16.0. The zero-order valence-corrected chi connectivity index (χ0v) is 13.1. The van der Waals surface area contributed by atoms with Gasteiger partial charge in [-0.1, -0.05) is 12.8 Å². The number of amides is 1. The molecule has 1 amide bonds. The Bertz CT molecular complexity index is 633. The summed E-state index contributed by atoms with van der Waals surface area (Å²) in [5, 5.41) is 5.47. The Morgan fingerprint density at radius 2 is 2.05 bits per heavy atom. The summed E-state index contributed by atoms with van der Waals surface area (Å²) in [6, 6.07) is 7.84. The molecule has 0 spiro atoms. The Hall–Kier alpha value is -2.08. The minimum Gasteiger partial charge on any atom is -0.484 e. The standard InChI is InChI=1S/C16H19N3O2S/c17-16-19-14(10-22-16)11-5-7-13(8-6-11)21-9-15(20)18-12-3-1-2-4-12/h5-8,10,12H,1-4,9H2,(H2,17,19)(H,18,20). The zero-order valence-electron chi connectivity index (χ0n) is 12.2. The van der Waals surface area contributed by atoms with E-state index in [2.05, 4.69) is 10.3 Å². The highest BCUT2D eigenvalue weighted by Crippen LogP contribution is 2.25. The molecule has 1 fully saturated rings. The van der Waals surface area contributed by atoms with Crippen molar-refractivity contribution in [3.05, 3.63) is 29.6 Å². The molecule has 0 atom stereocenters. The first-order valence-electron chi connectivity index (χ1n) is 7.44. The van der Waals surface area contributed by atoms with E-state index < -0.39 is 0 Å². The van der Waals surface area contributed by atoms with Gasteiger partial charge in [0.25, 0.3) is 5.91 Å². The predicted octanol–water partition coefficient (Wildman–Crippen LogP) is 2.83. The number of hydrogen-bond acceptors (Lipinski definition) is 5. The van der Waals surface area contributed by atoms with Crippen LogP contribution in [-0.4, -0.2) is 23.5 Å². The van der Waals surface area contributed by atoms with Crippen LogP contribution < -0.4 is 15.8 Å². The van der Waals surface area contributed by atoms with Crippen molar-refractivity contribution in [2.75, 3.05) is 12.3 Å². The maximum absolute atomic E-state index is 11.8. The number of nitrogens with zero attached hydrogens (tertiary/aromatic N) is 1. The van der Waals surface area contributed by atoms with Gasteiger partial charge in [-0.25, -0.2) is 4.98 Å². The molecule has 0 saturated heterocycles. The molecule has 3 rings (SSSR count). The third-order valence-corrected chi connectivity index (χ3v) is 4.44. The molecular weight excluding hydrogens is 298 g/mol. The van der Waals surface area contributed by atoms with Crippen molar-refractivity contribution >= 4 is 22.4 Å². The summed E-state index contributed by atoms with van der Waals surface area (Å²) < 4.78 is 5.52. The lowest BCUT2D eigenvalue weighted by Gasteiger charge is -2.12.